The number of aromatic nitrogens is 2. The SMILES string of the molecule is CCCc1cc(N2CCC(NC(C)=O)C2)nc(Nc2ccc(C)c([N+](=O)[O-])c2)n1.Cl. The fourth-order valence-corrected chi connectivity index (χ4v) is 3.47. The van der Waals surface area contributed by atoms with Crippen molar-refractivity contribution in [1.29, 1.82) is 0 Å². The van der Waals surface area contributed by atoms with Gasteiger partial charge in [-0.25, -0.2) is 4.98 Å². The van der Waals surface area contributed by atoms with E-state index < -0.39 is 4.92 Å². The van der Waals surface area contributed by atoms with E-state index in [0.717, 1.165) is 37.3 Å². The van der Waals surface area contributed by atoms with Crippen LogP contribution in [0.3, 0.4) is 0 Å². The summed E-state index contributed by atoms with van der Waals surface area (Å²) in [7, 11) is 0. The summed E-state index contributed by atoms with van der Waals surface area (Å²) in [6.07, 6.45) is 2.61. The van der Waals surface area contributed by atoms with Crippen LogP contribution in [-0.2, 0) is 11.2 Å². The molecule has 0 saturated carbocycles. The molecule has 1 amide bonds. The topological polar surface area (TPSA) is 113 Å². The second kappa shape index (κ2) is 10.2. The Balaban J connectivity index is 0.00000320. The number of hydrogen-bond donors (Lipinski definition) is 2. The first-order chi connectivity index (χ1) is 13.9. The second-order valence-electron chi connectivity index (χ2n) is 7.31. The number of carbonyl (C=O) groups is 1. The molecule has 0 radical (unpaired) electrons. The molecular weight excluding hydrogens is 408 g/mol. The fourth-order valence-electron chi connectivity index (χ4n) is 3.47. The predicted molar refractivity (Wildman–Crippen MR) is 119 cm³/mol. The third kappa shape index (κ3) is 5.79. The van der Waals surface area contributed by atoms with Crippen molar-refractivity contribution in [3.8, 4) is 0 Å². The number of carbonyl (C=O) groups excluding carboxylic acids is 1. The van der Waals surface area contributed by atoms with Gasteiger partial charge in [-0.15, -0.1) is 12.4 Å². The number of rotatable bonds is 7. The highest BCUT2D eigenvalue weighted by molar-refractivity contribution is 5.85. The third-order valence-corrected chi connectivity index (χ3v) is 4.85. The van der Waals surface area contributed by atoms with Gasteiger partial charge in [-0.1, -0.05) is 19.4 Å². The van der Waals surface area contributed by atoms with E-state index in [4.69, 9.17) is 0 Å². The van der Waals surface area contributed by atoms with Crippen LogP contribution in [0.4, 0.5) is 23.1 Å². The Morgan fingerprint density at radius 1 is 1.33 bits per heavy atom. The molecular formula is C20H27ClN6O3. The van der Waals surface area contributed by atoms with Gasteiger partial charge in [0.15, 0.2) is 0 Å². The van der Waals surface area contributed by atoms with Crippen LogP contribution in [0.15, 0.2) is 24.3 Å². The van der Waals surface area contributed by atoms with Crippen LogP contribution in [0.5, 0.6) is 0 Å². The number of halogens is 1. The van der Waals surface area contributed by atoms with Gasteiger partial charge in [-0.2, -0.15) is 4.98 Å². The lowest BCUT2D eigenvalue weighted by molar-refractivity contribution is -0.385. The van der Waals surface area contributed by atoms with E-state index in [1.165, 1.54) is 13.0 Å². The molecule has 2 N–H and O–H groups in total. The van der Waals surface area contributed by atoms with E-state index in [9.17, 15) is 14.9 Å². The zero-order chi connectivity index (χ0) is 21.0. The number of nitro benzene ring substituents is 1. The minimum atomic E-state index is -0.396. The van der Waals surface area contributed by atoms with Gasteiger partial charge in [-0.05, 0) is 25.8 Å². The molecule has 1 saturated heterocycles. The summed E-state index contributed by atoms with van der Waals surface area (Å²) in [5.74, 6) is 1.17. The van der Waals surface area contributed by atoms with E-state index in [2.05, 4.69) is 32.4 Å². The summed E-state index contributed by atoms with van der Waals surface area (Å²) in [6, 6.07) is 7.06. The first-order valence-electron chi connectivity index (χ1n) is 9.77. The van der Waals surface area contributed by atoms with Crippen molar-refractivity contribution in [1.82, 2.24) is 15.3 Å². The molecule has 1 aromatic carbocycles. The Kier molecular flexibility index (Phi) is 7.93. The van der Waals surface area contributed by atoms with E-state index in [1.807, 2.05) is 6.07 Å². The minimum absolute atomic E-state index is 0. The maximum absolute atomic E-state index is 11.3. The number of nitrogens with zero attached hydrogens (tertiary/aromatic N) is 4. The van der Waals surface area contributed by atoms with E-state index >= 15 is 0 Å². The van der Waals surface area contributed by atoms with Crippen LogP contribution in [-0.4, -0.2) is 39.9 Å². The summed E-state index contributed by atoms with van der Waals surface area (Å²) < 4.78 is 0. The number of hydrogen-bond acceptors (Lipinski definition) is 7. The van der Waals surface area contributed by atoms with Gasteiger partial charge in [0.2, 0.25) is 11.9 Å². The van der Waals surface area contributed by atoms with Crippen LogP contribution < -0.4 is 15.5 Å². The van der Waals surface area contributed by atoms with E-state index in [1.54, 1.807) is 19.1 Å². The van der Waals surface area contributed by atoms with Gasteiger partial charge in [0.05, 0.1) is 4.92 Å². The average molecular weight is 435 g/mol. The van der Waals surface area contributed by atoms with E-state index in [-0.39, 0.29) is 30.0 Å². The fraction of sp³-hybridized carbons (Fsp3) is 0.450. The summed E-state index contributed by atoms with van der Waals surface area (Å²) in [6.45, 7) is 6.80. The van der Waals surface area contributed by atoms with Gasteiger partial charge in [-0.3, -0.25) is 14.9 Å². The minimum Gasteiger partial charge on any atom is -0.354 e. The molecule has 1 unspecified atom stereocenters. The third-order valence-electron chi connectivity index (χ3n) is 4.85. The van der Waals surface area contributed by atoms with Gasteiger partial charge >= 0.3 is 0 Å². The summed E-state index contributed by atoms with van der Waals surface area (Å²) in [4.78, 5) is 33.5. The molecule has 1 aliphatic heterocycles. The lowest BCUT2D eigenvalue weighted by atomic mass is 10.2. The van der Waals surface area contributed by atoms with Crippen LogP contribution in [0.1, 0.15) is 37.9 Å². The standard InChI is InChI=1S/C20H26N6O3.ClH/c1-4-5-15-11-19(25-9-8-17(12-25)21-14(3)27)24-20(22-15)23-16-7-6-13(2)18(10-16)26(28)29;/h6-7,10-11,17H,4-5,8-9,12H2,1-3H3,(H,21,27)(H,22,23,24);1H. The molecule has 0 bridgehead atoms. The molecule has 1 aliphatic rings. The molecule has 0 aliphatic carbocycles. The van der Waals surface area contributed by atoms with Crippen LogP contribution in [0, 0.1) is 17.0 Å². The molecule has 1 aromatic heterocycles. The Bertz CT molecular complexity index is 923. The molecule has 1 fully saturated rings. The van der Waals surface area contributed by atoms with Gasteiger partial charge in [0.1, 0.15) is 5.82 Å². The average Bonchev–Trinajstić information content (AvgIpc) is 3.11. The molecule has 2 heterocycles. The normalized spacial score (nSPS) is 15.4. The second-order valence-corrected chi connectivity index (χ2v) is 7.31. The number of aryl methyl sites for hydroxylation is 2. The van der Waals surface area contributed by atoms with Crippen molar-refractivity contribution in [2.45, 2.75) is 46.1 Å². The quantitative estimate of drug-likeness (QED) is 0.506. The monoisotopic (exact) mass is 434 g/mol. The lowest BCUT2D eigenvalue weighted by Crippen LogP contribution is -2.35. The van der Waals surface area contributed by atoms with Crippen LogP contribution in [0.2, 0.25) is 0 Å². The molecule has 162 valence electrons. The first kappa shape index (κ1) is 23.3. The summed E-state index contributed by atoms with van der Waals surface area (Å²) in [5, 5.41) is 17.3. The maximum Gasteiger partial charge on any atom is 0.274 e. The molecule has 0 spiro atoms. The largest absolute Gasteiger partial charge is 0.354 e. The summed E-state index contributed by atoms with van der Waals surface area (Å²) >= 11 is 0. The molecule has 10 heteroatoms. The van der Waals surface area contributed by atoms with Gasteiger partial charge < -0.3 is 15.5 Å². The Hall–Kier alpha value is -2.94. The summed E-state index contributed by atoms with van der Waals surface area (Å²) in [5.41, 5.74) is 2.13. The number of anilines is 3. The Labute approximate surface area is 181 Å². The molecule has 9 nitrogen and oxygen atoms in total. The van der Waals surface area contributed by atoms with E-state index in [0.29, 0.717) is 23.7 Å². The molecule has 30 heavy (non-hydrogen) atoms. The number of nitro groups is 1. The van der Waals surface area contributed by atoms with Crippen molar-refractivity contribution < 1.29 is 9.72 Å². The Morgan fingerprint density at radius 3 is 2.77 bits per heavy atom. The highest BCUT2D eigenvalue weighted by Gasteiger charge is 2.25. The lowest BCUT2D eigenvalue weighted by Gasteiger charge is -2.19. The Morgan fingerprint density at radius 2 is 2.10 bits per heavy atom. The van der Waals surface area contributed by atoms with Crippen molar-refractivity contribution in [3.05, 3.63) is 45.6 Å². The number of amides is 1. The van der Waals surface area contributed by atoms with Crippen molar-refractivity contribution >= 4 is 41.5 Å². The van der Waals surface area contributed by atoms with Gasteiger partial charge in [0, 0.05) is 55.1 Å². The number of benzene rings is 1. The van der Waals surface area contributed by atoms with Crippen molar-refractivity contribution in [2.75, 3.05) is 23.3 Å². The van der Waals surface area contributed by atoms with Crippen molar-refractivity contribution in [3.63, 3.8) is 0 Å². The highest BCUT2D eigenvalue weighted by atomic mass is 35.5. The van der Waals surface area contributed by atoms with Crippen LogP contribution in [0.25, 0.3) is 0 Å². The highest BCUT2D eigenvalue weighted by Crippen LogP contribution is 2.26. The molecule has 3 rings (SSSR count). The number of nitrogens with one attached hydrogen (secondary N) is 2. The zero-order valence-electron chi connectivity index (χ0n) is 17.3. The van der Waals surface area contributed by atoms with Crippen molar-refractivity contribution in [2.24, 2.45) is 0 Å². The smallest absolute Gasteiger partial charge is 0.274 e. The first-order valence-corrected chi connectivity index (χ1v) is 9.77. The molecule has 2 aromatic rings. The predicted octanol–water partition coefficient (Wildman–Crippen LogP) is 3.53. The van der Waals surface area contributed by atoms with Gasteiger partial charge in [0.25, 0.3) is 5.69 Å². The van der Waals surface area contributed by atoms with Crippen LogP contribution >= 0.6 is 12.4 Å². The molecule has 1 atom stereocenters. The zero-order valence-corrected chi connectivity index (χ0v) is 18.2. The maximum atomic E-state index is 11.3.